The summed E-state index contributed by atoms with van der Waals surface area (Å²) in [6, 6.07) is 11.8. The Balaban J connectivity index is 1.95. The minimum Gasteiger partial charge on any atom is -0.508 e. The fourth-order valence-electron chi connectivity index (χ4n) is 4.40. The van der Waals surface area contributed by atoms with E-state index in [1.54, 1.807) is 53.7 Å². The summed E-state index contributed by atoms with van der Waals surface area (Å²) in [4.78, 5) is 55.1. The second-order valence-corrected chi connectivity index (χ2v) is 12.6. The van der Waals surface area contributed by atoms with E-state index in [0.717, 1.165) is 5.56 Å². The summed E-state index contributed by atoms with van der Waals surface area (Å²) < 4.78 is 11.0. The van der Waals surface area contributed by atoms with E-state index in [0.29, 0.717) is 18.4 Å². The van der Waals surface area contributed by atoms with Gasteiger partial charge in [0.15, 0.2) is 0 Å². The van der Waals surface area contributed by atoms with Gasteiger partial charge in [0, 0.05) is 12.5 Å². The first-order valence-electron chi connectivity index (χ1n) is 14.2. The molecular weight excluding hydrogens is 538 g/mol. The Bertz CT molecular complexity index is 1250. The molecule has 1 fully saturated rings. The maximum absolute atomic E-state index is 14.1. The number of rotatable bonds is 10. The van der Waals surface area contributed by atoms with Gasteiger partial charge in [0.05, 0.1) is 0 Å². The summed E-state index contributed by atoms with van der Waals surface area (Å²) in [6.07, 6.45) is 0.772. The molecule has 0 aromatic heterocycles. The highest BCUT2D eigenvalue weighted by Gasteiger charge is 2.44. The van der Waals surface area contributed by atoms with Crippen molar-refractivity contribution >= 4 is 23.9 Å². The third-order valence-electron chi connectivity index (χ3n) is 6.32. The van der Waals surface area contributed by atoms with E-state index >= 15 is 0 Å². The van der Waals surface area contributed by atoms with Crippen LogP contribution in [-0.4, -0.2) is 63.2 Å². The molecule has 2 aromatic carbocycles. The molecule has 1 saturated carbocycles. The number of nitrogens with zero attached hydrogens (tertiary/aromatic N) is 1. The first kappa shape index (κ1) is 32.4. The van der Waals surface area contributed by atoms with Crippen LogP contribution in [0.2, 0.25) is 0 Å². The van der Waals surface area contributed by atoms with Crippen molar-refractivity contribution in [2.24, 2.45) is 0 Å². The molecule has 228 valence electrons. The number of ether oxygens (including phenoxy) is 2. The fourth-order valence-corrected chi connectivity index (χ4v) is 4.40. The Labute approximate surface area is 247 Å². The predicted molar refractivity (Wildman–Crippen MR) is 157 cm³/mol. The first-order chi connectivity index (χ1) is 19.5. The Morgan fingerprint density at radius 2 is 1.45 bits per heavy atom. The van der Waals surface area contributed by atoms with Crippen LogP contribution in [0.15, 0.2) is 54.6 Å². The lowest BCUT2D eigenvalue weighted by Gasteiger charge is -2.35. The number of hydrogen-bond donors (Lipinski definition) is 3. The highest BCUT2D eigenvalue weighted by molar-refractivity contribution is 5.94. The Hall–Kier alpha value is -4.08. The number of phenolic OH excluding ortho intramolecular Hbond substituents is 1. The molecule has 42 heavy (non-hydrogen) atoms. The van der Waals surface area contributed by atoms with E-state index in [4.69, 9.17) is 9.47 Å². The van der Waals surface area contributed by atoms with Gasteiger partial charge >= 0.3 is 12.1 Å². The SMILES string of the molecule is CC(NC(=O)OC(C)(C)C)C(=O)N(C1CC1)C(C(=O)NC(Cc1ccccc1)C(=O)OC(C)(C)C)c1ccc(O)cc1. The Morgan fingerprint density at radius 3 is 1.98 bits per heavy atom. The molecule has 10 nitrogen and oxygen atoms in total. The number of carbonyl (C=O) groups excluding carboxylic acids is 4. The van der Waals surface area contributed by atoms with Crippen molar-refractivity contribution in [3.8, 4) is 5.75 Å². The van der Waals surface area contributed by atoms with E-state index in [1.807, 2.05) is 30.3 Å². The van der Waals surface area contributed by atoms with Crippen molar-refractivity contribution in [2.45, 2.75) is 103 Å². The molecule has 0 saturated heterocycles. The molecule has 0 bridgehead atoms. The second-order valence-electron chi connectivity index (χ2n) is 12.6. The maximum Gasteiger partial charge on any atom is 0.408 e. The van der Waals surface area contributed by atoms with Crippen LogP contribution in [0.25, 0.3) is 0 Å². The van der Waals surface area contributed by atoms with Crippen molar-refractivity contribution in [3.05, 3.63) is 65.7 Å². The highest BCUT2D eigenvalue weighted by atomic mass is 16.6. The average Bonchev–Trinajstić information content (AvgIpc) is 3.70. The molecule has 3 amide bonds. The third kappa shape index (κ3) is 9.78. The summed E-state index contributed by atoms with van der Waals surface area (Å²) in [6.45, 7) is 11.9. The standard InChI is InChI=1S/C32H43N3O7/c1-20(33-30(40)42-32(5,6)7)28(38)35(23-15-16-23)26(22-13-17-24(36)18-14-22)27(37)34-25(29(39)41-31(2,3)4)19-21-11-9-8-10-12-21/h8-14,17-18,20,23,25-26,36H,15-16,19H2,1-7H3,(H,33,40)(H,34,37). The van der Waals surface area contributed by atoms with Crippen LogP contribution in [0.5, 0.6) is 5.75 Å². The fraction of sp³-hybridized carbons (Fsp3) is 0.500. The number of carbonyl (C=O) groups is 4. The quantitative estimate of drug-likeness (QED) is 0.354. The van der Waals surface area contributed by atoms with Crippen LogP contribution >= 0.6 is 0 Å². The molecule has 1 aliphatic carbocycles. The summed E-state index contributed by atoms with van der Waals surface area (Å²) in [5, 5.41) is 15.3. The highest BCUT2D eigenvalue weighted by Crippen LogP contribution is 2.36. The van der Waals surface area contributed by atoms with Crippen molar-refractivity contribution in [1.29, 1.82) is 0 Å². The van der Waals surface area contributed by atoms with E-state index < -0.39 is 53.2 Å². The molecule has 0 heterocycles. The van der Waals surface area contributed by atoms with Crippen molar-refractivity contribution < 1.29 is 33.8 Å². The molecule has 3 unspecified atom stereocenters. The van der Waals surface area contributed by atoms with Crippen LogP contribution in [0, 0.1) is 0 Å². The monoisotopic (exact) mass is 581 g/mol. The molecular formula is C32H43N3O7. The summed E-state index contributed by atoms with van der Waals surface area (Å²) in [5.41, 5.74) is -0.281. The predicted octanol–water partition coefficient (Wildman–Crippen LogP) is 4.41. The number of phenols is 1. The smallest absolute Gasteiger partial charge is 0.408 e. The molecule has 0 radical (unpaired) electrons. The van der Waals surface area contributed by atoms with Gasteiger partial charge in [-0.25, -0.2) is 9.59 Å². The van der Waals surface area contributed by atoms with Gasteiger partial charge in [-0.1, -0.05) is 42.5 Å². The number of hydrogen-bond acceptors (Lipinski definition) is 7. The zero-order valence-corrected chi connectivity index (χ0v) is 25.5. The minimum absolute atomic E-state index is 0.00197. The first-order valence-corrected chi connectivity index (χ1v) is 14.2. The molecule has 3 atom stereocenters. The van der Waals surface area contributed by atoms with Gasteiger partial charge in [-0.05, 0) is 84.6 Å². The lowest BCUT2D eigenvalue weighted by Crippen LogP contribution is -2.55. The van der Waals surface area contributed by atoms with E-state index in [9.17, 15) is 24.3 Å². The summed E-state index contributed by atoms with van der Waals surface area (Å²) >= 11 is 0. The van der Waals surface area contributed by atoms with Gasteiger partial charge in [-0.3, -0.25) is 9.59 Å². The molecule has 2 aromatic rings. The number of amides is 3. The number of benzene rings is 2. The van der Waals surface area contributed by atoms with Gasteiger partial charge in [0.2, 0.25) is 11.8 Å². The molecule has 0 aliphatic heterocycles. The minimum atomic E-state index is -1.14. The third-order valence-corrected chi connectivity index (χ3v) is 6.32. The van der Waals surface area contributed by atoms with Gasteiger partial charge in [-0.2, -0.15) is 0 Å². The molecule has 1 aliphatic rings. The largest absolute Gasteiger partial charge is 0.508 e. The van der Waals surface area contributed by atoms with Crippen molar-refractivity contribution in [1.82, 2.24) is 15.5 Å². The molecule has 3 N–H and O–H groups in total. The Kier molecular flexibility index (Phi) is 10.2. The van der Waals surface area contributed by atoms with Crippen molar-refractivity contribution in [2.75, 3.05) is 0 Å². The van der Waals surface area contributed by atoms with Crippen molar-refractivity contribution in [3.63, 3.8) is 0 Å². The van der Waals surface area contributed by atoms with E-state index in [-0.39, 0.29) is 18.2 Å². The summed E-state index contributed by atoms with van der Waals surface area (Å²) in [7, 11) is 0. The van der Waals surface area contributed by atoms with Crippen LogP contribution in [0.3, 0.4) is 0 Å². The van der Waals surface area contributed by atoms with Gasteiger partial charge < -0.3 is 30.1 Å². The second kappa shape index (κ2) is 13.3. The van der Waals surface area contributed by atoms with Crippen LogP contribution < -0.4 is 10.6 Å². The van der Waals surface area contributed by atoms with Gasteiger partial charge in [-0.15, -0.1) is 0 Å². The zero-order chi connectivity index (χ0) is 31.2. The molecule has 0 spiro atoms. The maximum atomic E-state index is 14.1. The molecule has 3 rings (SSSR count). The number of alkyl carbamates (subject to hydrolysis) is 1. The lowest BCUT2D eigenvalue weighted by molar-refractivity contribution is -0.159. The van der Waals surface area contributed by atoms with Crippen LogP contribution in [0.1, 0.15) is 78.5 Å². The topological polar surface area (TPSA) is 134 Å². The van der Waals surface area contributed by atoms with Gasteiger partial charge in [0.1, 0.15) is 35.1 Å². The average molecular weight is 582 g/mol. The number of nitrogens with one attached hydrogen (secondary N) is 2. The number of esters is 1. The normalized spacial score (nSPS) is 15.5. The lowest BCUT2D eigenvalue weighted by atomic mass is 10.0. The summed E-state index contributed by atoms with van der Waals surface area (Å²) in [5.74, 6) is -1.67. The van der Waals surface area contributed by atoms with Gasteiger partial charge in [0.25, 0.3) is 0 Å². The van der Waals surface area contributed by atoms with E-state index in [2.05, 4.69) is 10.6 Å². The molecule has 10 heteroatoms. The Morgan fingerprint density at radius 1 is 0.881 bits per heavy atom. The van der Waals surface area contributed by atoms with E-state index in [1.165, 1.54) is 24.0 Å². The zero-order valence-electron chi connectivity index (χ0n) is 25.5. The van der Waals surface area contributed by atoms with Crippen LogP contribution in [0.4, 0.5) is 4.79 Å². The number of aromatic hydroxyl groups is 1. The van der Waals surface area contributed by atoms with Crippen LogP contribution in [-0.2, 0) is 30.3 Å².